The van der Waals surface area contributed by atoms with Gasteiger partial charge in [0.05, 0.1) is 10.9 Å². The third kappa shape index (κ3) is 6.12. The normalized spacial score (nSPS) is 13.8. The predicted octanol–water partition coefficient (Wildman–Crippen LogP) is 3.14. The van der Waals surface area contributed by atoms with Crippen molar-refractivity contribution in [2.45, 2.75) is 43.7 Å². The highest BCUT2D eigenvalue weighted by Gasteiger charge is 2.22. The summed E-state index contributed by atoms with van der Waals surface area (Å²) in [5, 5.41) is 3.29. The minimum atomic E-state index is -3.78. The van der Waals surface area contributed by atoms with Crippen molar-refractivity contribution in [1.82, 2.24) is 10.0 Å². The van der Waals surface area contributed by atoms with E-state index in [1.165, 1.54) is 36.8 Å². The number of sulfonamides is 1. The summed E-state index contributed by atoms with van der Waals surface area (Å²) < 4.78 is 27.0. The third-order valence-electron chi connectivity index (χ3n) is 3.95. The zero-order chi connectivity index (χ0) is 19.2. The summed E-state index contributed by atoms with van der Waals surface area (Å²) in [7, 11) is -3.78. The fourth-order valence-corrected chi connectivity index (χ4v) is 3.76. The van der Waals surface area contributed by atoms with E-state index in [0.717, 1.165) is 12.8 Å². The van der Waals surface area contributed by atoms with Gasteiger partial charge >= 0.3 is 0 Å². The summed E-state index contributed by atoms with van der Waals surface area (Å²) in [5.41, 5.74) is 1.20. The molecule has 0 radical (unpaired) electrons. The lowest BCUT2D eigenvalue weighted by atomic mass is 10.1. The first kappa shape index (κ1) is 20.4. The molecule has 0 heterocycles. The molecule has 7 heteroatoms. The van der Waals surface area contributed by atoms with Crippen LogP contribution in [0.5, 0.6) is 0 Å². The van der Waals surface area contributed by atoms with Gasteiger partial charge in [0.15, 0.2) is 0 Å². The first-order valence-corrected chi connectivity index (χ1v) is 10.3. The van der Waals surface area contributed by atoms with Crippen molar-refractivity contribution in [3.8, 4) is 0 Å². The molecule has 1 amide bonds. The number of rotatable bonds is 8. The van der Waals surface area contributed by atoms with E-state index in [2.05, 4.69) is 10.0 Å². The number of carbonyl (C=O) groups excluding carboxylic acids is 1. The van der Waals surface area contributed by atoms with E-state index in [9.17, 15) is 13.2 Å². The topological polar surface area (TPSA) is 75.3 Å². The molecule has 0 unspecified atom stereocenters. The maximum absolute atomic E-state index is 12.3. The molecule has 2 N–H and O–H groups in total. The van der Waals surface area contributed by atoms with Gasteiger partial charge in [-0.05, 0) is 56.5 Å². The Morgan fingerprint density at radius 3 is 2.27 bits per heavy atom. The lowest BCUT2D eigenvalue weighted by Crippen LogP contribution is -2.47. The fourth-order valence-electron chi connectivity index (χ4n) is 2.44. The zero-order valence-corrected chi connectivity index (χ0v) is 16.3. The maximum atomic E-state index is 12.3. The van der Waals surface area contributed by atoms with Crippen molar-refractivity contribution in [3.63, 3.8) is 0 Å². The summed E-state index contributed by atoms with van der Waals surface area (Å²) in [4.78, 5) is 12.3. The predicted molar refractivity (Wildman–Crippen MR) is 104 cm³/mol. The van der Waals surface area contributed by atoms with Crippen LogP contribution in [-0.2, 0) is 21.2 Å². The highest BCUT2D eigenvalue weighted by molar-refractivity contribution is 7.89. The summed E-state index contributed by atoms with van der Waals surface area (Å²) in [6, 6.07) is 14.8. The molecule has 0 fully saturated rings. The Kier molecular flexibility index (Phi) is 7.20. The molecule has 0 aliphatic carbocycles. The molecule has 0 aliphatic heterocycles. The lowest BCUT2D eigenvalue weighted by Gasteiger charge is -2.18. The van der Waals surface area contributed by atoms with Crippen LogP contribution in [0, 0.1) is 0 Å². The molecule has 0 aliphatic rings. The van der Waals surface area contributed by atoms with Crippen LogP contribution in [0.25, 0.3) is 0 Å². The van der Waals surface area contributed by atoms with Gasteiger partial charge in [-0.1, -0.05) is 41.9 Å². The van der Waals surface area contributed by atoms with Crippen molar-refractivity contribution >= 4 is 27.5 Å². The van der Waals surface area contributed by atoms with Crippen molar-refractivity contribution in [2.75, 3.05) is 0 Å². The second-order valence-electron chi connectivity index (χ2n) is 6.23. The first-order chi connectivity index (χ1) is 12.3. The Morgan fingerprint density at radius 2 is 1.65 bits per heavy atom. The van der Waals surface area contributed by atoms with Crippen LogP contribution >= 0.6 is 11.6 Å². The minimum Gasteiger partial charge on any atom is -0.352 e. The van der Waals surface area contributed by atoms with Crippen LogP contribution in [0.4, 0.5) is 0 Å². The smallest absolute Gasteiger partial charge is 0.241 e. The van der Waals surface area contributed by atoms with Crippen LogP contribution in [0.15, 0.2) is 59.5 Å². The van der Waals surface area contributed by atoms with Gasteiger partial charge in [0, 0.05) is 11.1 Å². The number of carbonyl (C=O) groups is 1. The number of aryl methyl sites for hydroxylation is 1. The second kappa shape index (κ2) is 9.16. The molecule has 0 spiro atoms. The van der Waals surface area contributed by atoms with E-state index in [4.69, 9.17) is 11.6 Å². The Bertz CT molecular complexity index is 824. The number of hydrogen-bond acceptors (Lipinski definition) is 3. The lowest BCUT2D eigenvalue weighted by molar-refractivity contribution is -0.123. The van der Waals surface area contributed by atoms with Gasteiger partial charge in [-0.3, -0.25) is 4.79 Å². The molecule has 26 heavy (non-hydrogen) atoms. The second-order valence-corrected chi connectivity index (χ2v) is 8.38. The molecule has 2 aromatic rings. The number of hydrogen-bond donors (Lipinski definition) is 2. The first-order valence-electron chi connectivity index (χ1n) is 8.40. The molecule has 0 saturated heterocycles. The molecule has 2 atom stereocenters. The van der Waals surface area contributed by atoms with Crippen LogP contribution in [0.1, 0.15) is 25.8 Å². The van der Waals surface area contributed by atoms with Gasteiger partial charge < -0.3 is 5.32 Å². The van der Waals surface area contributed by atoms with Crippen LogP contribution in [-0.4, -0.2) is 26.4 Å². The Hall–Kier alpha value is -1.89. The zero-order valence-electron chi connectivity index (χ0n) is 14.8. The van der Waals surface area contributed by atoms with Crippen molar-refractivity contribution in [2.24, 2.45) is 0 Å². The van der Waals surface area contributed by atoms with Gasteiger partial charge in [-0.2, -0.15) is 4.72 Å². The number of amides is 1. The van der Waals surface area contributed by atoms with Crippen LogP contribution in [0.2, 0.25) is 5.02 Å². The number of halogens is 1. The SMILES string of the molecule is C[C@H](NS(=O)(=O)c1ccc(Cl)cc1)C(=O)N[C@@H](C)CCc1ccccc1. The molecule has 0 bridgehead atoms. The fraction of sp³-hybridized carbons (Fsp3) is 0.316. The average molecular weight is 395 g/mol. The molecule has 140 valence electrons. The molecule has 2 aromatic carbocycles. The summed E-state index contributed by atoms with van der Waals surface area (Å²) in [6.45, 7) is 3.42. The van der Waals surface area contributed by atoms with Crippen molar-refractivity contribution in [1.29, 1.82) is 0 Å². The molecule has 2 rings (SSSR count). The van der Waals surface area contributed by atoms with E-state index in [1.807, 2.05) is 37.3 Å². The molecular weight excluding hydrogens is 372 g/mol. The Labute approximate surface area is 159 Å². The van der Waals surface area contributed by atoms with E-state index in [-0.39, 0.29) is 16.8 Å². The Balaban J connectivity index is 1.87. The summed E-state index contributed by atoms with van der Waals surface area (Å²) >= 11 is 5.77. The van der Waals surface area contributed by atoms with Crippen LogP contribution < -0.4 is 10.0 Å². The highest BCUT2D eigenvalue weighted by Crippen LogP contribution is 2.14. The van der Waals surface area contributed by atoms with E-state index in [0.29, 0.717) is 5.02 Å². The Morgan fingerprint density at radius 1 is 1.04 bits per heavy atom. The maximum Gasteiger partial charge on any atom is 0.241 e. The minimum absolute atomic E-state index is 0.0646. The monoisotopic (exact) mass is 394 g/mol. The molecule has 0 aromatic heterocycles. The largest absolute Gasteiger partial charge is 0.352 e. The van der Waals surface area contributed by atoms with E-state index < -0.39 is 16.1 Å². The van der Waals surface area contributed by atoms with Gasteiger partial charge in [-0.25, -0.2) is 8.42 Å². The molecule has 5 nitrogen and oxygen atoms in total. The van der Waals surface area contributed by atoms with E-state index in [1.54, 1.807) is 0 Å². The van der Waals surface area contributed by atoms with Gasteiger partial charge in [-0.15, -0.1) is 0 Å². The average Bonchev–Trinajstić information content (AvgIpc) is 2.61. The quantitative estimate of drug-likeness (QED) is 0.722. The van der Waals surface area contributed by atoms with Crippen LogP contribution in [0.3, 0.4) is 0 Å². The standard InChI is InChI=1S/C19H23ClN2O3S/c1-14(8-9-16-6-4-3-5-7-16)21-19(23)15(2)22-26(24,25)18-12-10-17(20)11-13-18/h3-7,10-15,22H,8-9H2,1-2H3,(H,21,23)/t14-,15-/m0/s1. The number of benzene rings is 2. The van der Waals surface area contributed by atoms with Crippen molar-refractivity contribution < 1.29 is 13.2 Å². The molecular formula is C19H23ClN2O3S. The number of nitrogens with one attached hydrogen (secondary N) is 2. The third-order valence-corrected chi connectivity index (χ3v) is 5.76. The van der Waals surface area contributed by atoms with Gasteiger partial charge in [0.2, 0.25) is 15.9 Å². The van der Waals surface area contributed by atoms with Gasteiger partial charge in [0.25, 0.3) is 0 Å². The van der Waals surface area contributed by atoms with Crippen molar-refractivity contribution in [3.05, 3.63) is 65.2 Å². The van der Waals surface area contributed by atoms with E-state index >= 15 is 0 Å². The highest BCUT2D eigenvalue weighted by atomic mass is 35.5. The summed E-state index contributed by atoms with van der Waals surface area (Å²) in [5.74, 6) is -0.358. The van der Waals surface area contributed by atoms with Gasteiger partial charge in [0.1, 0.15) is 0 Å². The molecule has 0 saturated carbocycles. The summed E-state index contributed by atoms with van der Waals surface area (Å²) in [6.07, 6.45) is 1.61.